The Morgan fingerprint density at radius 2 is 1.97 bits per heavy atom. The average Bonchev–Trinajstić information content (AvgIpc) is 3.10. The summed E-state index contributed by atoms with van der Waals surface area (Å²) in [5.74, 6) is 1.51. The number of nitrogens with zero attached hydrogens (tertiary/aromatic N) is 4. The first-order valence-electron chi connectivity index (χ1n) is 12.4. The van der Waals surface area contributed by atoms with Gasteiger partial charge in [-0.25, -0.2) is 14.4 Å². The van der Waals surface area contributed by atoms with Gasteiger partial charge >= 0.3 is 5.97 Å². The van der Waals surface area contributed by atoms with E-state index in [0.717, 1.165) is 13.0 Å². The van der Waals surface area contributed by atoms with Gasteiger partial charge in [0.25, 0.3) is 0 Å². The van der Waals surface area contributed by atoms with E-state index in [1.807, 2.05) is 16.7 Å². The van der Waals surface area contributed by atoms with Crippen molar-refractivity contribution in [2.24, 2.45) is 17.8 Å². The van der Waals surface area contributed by atoms with Crippen LogP contribution in [-0.2, 0) is 4.79 Å². The van der Waals surface area contributed by atoms with Gasteiger partial charge in [-0.3, -0.25) is 4.79 Å². The summed E-state index contributed by atoms with van der Waals surface area (Å²) in [5, 5.41) is 9.32. The molecule has 0 saturated carbocycles. The summed E-state index contributed by atoms with van der Waals surface area (Å²) in [7, 11) is 0. The molecule has 2 fully saturated rings. The smallest absolute Gasteiger partial charge is 0.305 e. The number of anilines is 2. The van der Waals surface area contributed by atoms with Gasteiger partial charge < -0.3 is 24.4 Å². The van der Waals surface area contributed by atoms with Crippen LogP contribution in [0.5, 0.6) is 11.6 Å². The third-order valence-corrected chi connectivity index (χ3v) is 7.35. The Morgan fingerprint density at radius 1 is 1.17 bits per heavy atom. The van der Waals surface area contributed by atoms with Crippen molar-refractivity contribution in [3.8, 4) is 11.6 Å². The molecule has 1 aromatic carbocycles. The molecule has 0 bridgehead atoms. The SMILES string of the molecule is CCOc1ccc(F)c(N2CC[C@@H](Oc3cnc(N4C[C@H](C)[C@@H](C)[C@@H]4CC(=O)O)cn3)[C@H](C)C2)c1. The Hall–Kier alpha value is -3.10. The van der Waals surface area contributed by atoms with Crippen LogP contribution in [0.25, 0.3) is 0 Å². The van der Waals surface area contributed by atoms with E-state index in [4.69, 9.17) is 9.47 Å². The number of hydrogen-bond donors (Lipinski definition) is 1. The molecule has 2 aliphatic heterocycles. The second kappa shape index (κ2) is 10.7. The number of carbonyl (C=O) groups is 1. The fourth-order valence-electron chi connectivity index (χ4n) is 5.20. The Kier molecular flexibility index (Phi) is 7.62. The van der Waals surface area contributed by atoms with Crippen LogP contribution in [0.3, 0.4) is 0 Å². The van der Waals surface area contributed by atoms with Crippen LogP contribution in [0.15, 0.2) is 30.6 Å². The van der Waals surface area contributed by atoms with Gasteiger partial charge in [-0.1, -0.05) is 20.8 Å². The molecule has 0 spiro atoms. The monoisotopic (exact) mass is 486 g/mol. The van der Waals surface area contributed by atoms with Gasteiger partial charge in [0, 0.05) is 44.1 Å². The van der Waals surface area contributed by atoms with Crippen LogP contribution < -0.4 is 19.3 Å². The summed E-state index contributed by atoms with van der Waals surface area (Å²) in [4.78, 5) is 24.5. The zero-order valence-corrected chi connectivity index (χ0v) is 20.9. The fourth-order valence-corrected chi connectivity index (χ4v) is 5.20. The number of halogens is 1. The van der Waals surface area contributed by atoms with Crippen LogP contribution in [0.4, 0.5) is 15.9 Å². The van der Waals surface area contributed by atoms with Crippen molar-refractivity contribution in [1.82, 2.24) is 9.97 Å². The first kappa shape index (κ1) is 25.0. The lowest BCUT2D eigenvalue weighted by atomic mass is 9.92. The van der Waals surface area contributed by atoms with E-state index in [1.54, 1.807) is 24.5 Å². The average molecular weight is 487 g/mol. The largest absolute Gasteiger partial charge is 0.494 e. The van der Waals surface area contributed by atoms with Crippen molar-refractivity contribution < 1.29 is 23.8 Å². The molecule has 35 heavy (non-hydrogen) atoms. The number of rotatable bonds is 8. The Bertz CT molecular complexity index is 1020. The zero-order chi connectivity index (χ0) is 25.1. The highest BCUT2D eigenvalue weighted by Crippen LogP contribution is 2.35. The minimum atomic E-state index is -0.807. The lowest BCUT2D eigenvalue weighted by Gasteiger charge is -2.38. The Labute approximate surface area is 206 Å². The van der Waals surface area contributed by atoms with Gasteiger partial charge in [0.1, 0.15) is 23.5 Å². The van der Waals surface area contributed by atoms with E-state index < -0.39 is 5.97 Å². The summed E-state index contributed by atoms with van der Waals surface area (Å²) >= 11 is 0. The number of carboxylic acids is 1. The number of hydrogen-bond acceptors (Lipinski definition) is 7. The molecular weight excluding hydrogens is 451 g/mol. The molecule has 5 atom stereocenters. The van der Waals surface area contributed by atoms with E-state index in [9.17, 15) is 14.3 Å². The molecule has 1 N–H and O–H groups in total. The molecule has 1 aromatic heterocycles. The highest BCUT2D eigenvalue weighted by atomic mass is 19.1. The fraction of sp³-hybridized carbons (Fsp3) is 0.577. The predicted octanol–water partition coefficient (Wildman–Crippen LogP) is 4.24. The summed E-state index contributed by atoms with van der Waals surface area (Å²) in [6.45, 7) is 10.8. The molecule has 0 aliphatic carbocycles. The molecule has 2 aromatic rings. The maximum atomic E-state index is 14.5. The maximum Gasteiger partial charge on any atom is 0.305 e. The number of aromatic nitrogens is 2. The van der Waals surface area contributed by atoms with Gasteiger partial charge in [-0.15, -0.1) is 0 Å². The van der Waals surface area contributed by atoms with Gasteiger partial charge in [-0.2, -0.15) is 0 Å². The van der Waals surface area contributed by atoms with E-state index in [0.29, 0.717) is 48.7 Å². The topological polar surface area (TPSA) is 88.0 Å². The second-order valence-corrected chi connectivity index (χ2v) is 9.78. The summed E-state index contributed by atoms with van der Waals surface area (Å²) in [6.07, 6.45) is 4.03. The van der Waals surface area contributed by atoms with E-state index in [-0.39, 0.29) is 36.2 Å². The molecule has 2 aliphatic rings. The molecule has 9 heteroatoms. The van der Waals surface area contributed by atoms with Crippen molar-refractivity contribution in [3.05, 3.63) is 36.4 Å². The first-order valence-corrected chi connectivity index (χ1v) is 12.4. The minimum Gasteiger partial charge on any atom is -0.494 e. The molecule has 0 unspecified atom stereocenters. The van der Waals surface area contributed by atoms with E-state index >= 15 is 0 Å². The van der Waals surface area contributed by atoms with E-state index in [2.05, 4.69) is 30.7 Å². The molecule has 2 saturated heterocycles. The minimum absolute atomic E-state index is 0.0591. The first-order chi connectivity index (χ1) is 16.8. The third-order valence-electron chi connectivity index (χ3n) is 7.35. The molecule has 8 nitrogen and oxygen atoms in total. The maximum absolute atomic E-state index is 14.5. The summed E-state index contributed by atoms with van der Waals surface area (Å²) < 4.78 is 26.2. The Balaban J connectivity index is 1.39. The normalized spacial score (nSPS) is 26.6. The number of ether oxygens (including phenoxy) is 2. The van der Waals surface area contributed by atoms with Crippen LogP contribution in [0.2, 0.25) is 0 Å². The lowest BCUT2D eigenvalue weighted by Crippen LogP contribution is -2.44. The lowest BCUT2D eigenvalue weighted by molar-refractivity contribution is -0.137. The van der Waals surface area contributed by atoms with Crippen molar-refractivity contribution in [2.45, 2.75) is 52.7 Å². The Morgan fingerprint density at radius 3 is 2.63 bits per heavy atom. The van der Waals surface area contributed by atoms with Crippen molar-refractivity contribution in [1.29, 1.82) is 0 Å². The van der Waals surface area contributed by atoms with Gasteiger partial charge in [-0.05, 0) is 30.9 Å². The summed E-state index contributed by atoms with van der Waals surface area (Å²) in [5.41, 5.74) is 0.551. The molecule has 0 radical (unpaired) electrons. The quantitative estimate of drug-likeness (QED) is 0.593. The highest BCUT2D eigenvalue weighted by molar-refractivity contribution is 5.68. The zero-order valence-electron chi connectivity index (χ0n) is 20.9. The van der Waals surface area contributed by atoms with Crippen LogP contribution >= 0.6 is 0 Å². The van der Waals surface area contributed by atoms with Crippen LogP contribution in [0.1, 0.15) is 40.5 Å². The van der Waals surface area contributed by atoms with Crippen molar-refractivity contribution in [3.63, 3.8) is 0 Å². The van der Waals surface area contributed by atoms with E-state index in [1.165, 1.54) is 6.07 Å². The second-order valence-electron chi connectivity index (χ2n) is 9.78. The molecule has 190 valence electrons. The predicted molar refractivity (Wildman–Crippen MR) is 132 cm³/mol. The summed E-state index contributed by atoms with van der Waals surface area (Å²) in [6, 6.07) is 4.76. The van der Waals surface area contributed by atoms with Crippen molar-refractivity contribution >= 4 is 17.5 Å². The van der Waals surface area contributed by atoms with Crippen molar-refractivity contribution in [2.75, 3.05) is 36.0 Å². The number of benzene rings is 1. The van der Waals surface area contributed by atoms with Gasteiger partial charge in [0.05, 0.1) is 31.1 Å². The van der Waals surface area contributed by atoms with Crippen LogP contribution in [0, 0.1) is 23.6 Å². The molecule has 4 rings (SSSR count). The van der Waals surface area contributed by atoms with Gasteiger partial charge in [0.15, 0.2) is 0 Å². The standard InChI is InChI=1S/C26H35FN4O4/c1-5-34-19-6-7-20(27)22(10-19)30-9-8-23(17(3)14-30)35-25-13-28-24(12-29-25)31-15-16(2)18(4)21(31)11-26(32)33/h6-7,10,12-13,16-18,21,23H,5,8-9,11,14-15H2,1-4H3,(H,32,33)/t16-,17+,18+,21-,23+/m0/s1. The highest BCUT2D eigenvalue weighted by Gasteiger charge is 2.38. The molecule has 0 amide bonds. The van der Waals surface area contributed by atoms with Gasteiger partial charge in [0.2, 0.25) is 5.88 Å². The number of aliphatic carboxylic acids is 1. The third kappa shape index (κ3) is 5.60. The molecule has 3 heterocycles. The molecular formula is C26H35FN4O4. The number of piperidine rings is 1. The van der Waals surface area contributed by atoms with Crippen LogP contribution in [-0.4, -0.2) is 59.4 Å². The number of carboxylic acid groups (broad SMARTS) is 1.